The standard InChI is InChI=1S/C13H13Cl2NO5/c1-2-19-12(18)13(20-3-4-21-13)11(17)16-10-6-8(14)5-9(15)7-10/h5-7H,2-4H2,1H3,(H,16,17). The lowest BCUT2D eigenvalue weighted by Crippen LogP contribution is -2.52. The van der Waals surface area contributed by atoms with Gasteiger partial charge in [0.05, 0.1) is 19.8 Å². The van der Waals surface area contributed by atoms with Crippen LogP contribution in [-0.2, 0) is 23.8 Å². The molecular weight excluding hydrogens is 321 g/mol. The molecule has 1 fully saturated rings. The average molecular weight is 334 g/mol. The fourth-order valence-electron chi connectivity index (χ4n) is 1.82. The second kappa shape index (κ2) is 6.62. The van der Waals surface area contributed by atoms with E-state index in [0.717, 1.165) is 0 Å². The Balaban J connectivity index is 2.21. The van der Waals surface area contributed by atoms with E-state index >= 15 is 0 Å². The maximum atomic E-state index is 12.3. The lowest BCUT2D eigenvalue weighted by atomic mass is 10.2. The molecule has 0 aliphatic carbocycles. The first-order chi connectivity index (χ1) is 9.98. The summed E-state index contributed by atoms with van der Waals surface area (Å²) >= 11 is 11.7. The summed E-state index contributed by atoms with van der Waals surface area (Å²) in [6.07, 6.45) is 0. The molecule has 1 aromatic rings. The van der Waals surface area contributed by atoms with Crippen LogP contribution in [0.1, 0.15) is 6.92 Å². The molecule has 1 aliphatic rings. The van der Waals surface area contributed by atoms with E-state index < -0.39 is 17.7 Å². The van der Waals surface area contributed by atoms with Crippen molar-refractivity contribution in [2.45, 2.75) is 12.7 Å². The van der Waals surface area contributed by atoms with Gasteiger partial charge in [0.2, 0.25) is 0 Å². The van der Waals surface area contributed by atoms with Crippen LogP contribution in [0.15, 0.2) is 18.2 Å². The first kappa shape index (κ1) is 16.0. The molecule has 1 N–H and O–H groups in total. The third-order valence-corrected chi connectivity index (χ3v) is 3.09. The minimum absolute atomic E-state index is 0.101. The smallest absolute Gasteiger partial charge is 0.377 e. The second-order valence-corrected chi connectivity index (χ2v) is 5.02. The van der Waals surface area contributed by atoms with Gasteiger partial charge in [-0.05, 0) is 25.1 Å². The Hall–Kier alpha value is -1.34. The van der Waals surface area contributed by atoms with Gasteiger partial charge in [-0.15, -0.1) is 0 Å². The van der Waals surface area contributed by atoms with Crippen molar-refractivity contribution in [1.82, 2.24) is 0 Å². The second-order valence-electron chi connectivity index (χ2n) is 4.15. The summed E-state index contributed by atoms with van der Waals surface area (Å²) in [4.78, 5) is 24.3. The zero-order valence-electron chi connectivity index (χ0n) is 11.2. The van der Waals surface area contributed by atoms with Gasteiger partial charge in [-0.3, -0.25) is 4.79 Å². The van der Waals surface area contributed by atoms with Crippen molar-refractivity contribution in [3.8, 4) is 0 Å². The molecule has 1 heterocycles. The van der Waals surface area contributed by atoms with Gasteiger partial charge >= 0.3 is 11.8 Å². The zero-order valence-corrected chi connectivity index (χ0v) is 12.7. The van der Waals surface area contributed by atoms with Gasteiger partial charge in [-0.1, -0.05) is 23.2 Å². The van der Waals surface area contributed by atoms with E-state index in [2.05, 4.69) is 5.32 Å². The summed E-state index contributed by atoms with van der Waals surface area (Å²) in [5.74, 6) is -3.78. The number of amides is 1. The summed E-state index contributed by atoms with van der Waals surface area (Å²) in [6, 6.07) is 4.49. The molecule has 1 amide bonds. The Morgan fingerprint density at radius 3 is 2.33 bits per heavy atom. The quantitative estimate of drug-likeness (QED) is 0.675. The van der Waals surface area contributed by atoms with Gasteiger partial charge in [0.15, 0.2) is 0 Å². The number of carbonyl (C=O) groups excluding carboxylic acids is 2. The normalized spacial score (nSPS) is 16.5. The van der Waals surface area contributed by atoms with Crippen molar-refractivity contribution in [3.63, 3.8) is 0 Å². The Morgan fingerprint density at radius 1 is 1.24 bits per heavy atom. The number of esters is 1. The monoisotopic (exact) mass is 333 g/mol. The van der Waals surface area contributed by atoms with E-state index in [0.29, 0.717) is 15.7 Å². The summed E-state index contributed by atoms with van der Waals surface area (Å²) in [7, 11) is 0. The zero-order chi connectivity index (χ0) is 15.5. The summed E-state index contributed by atoms with van der Waals surface area (Å²) in [6.45, 7) is 1.95. The van der Waals surface area contributed by atoms with Crippen LogP contribution >= 0.6 is 23.2 Å². The van der Waals surface area contributed by atoms with E-state index in [-0.39, 0.29) is 19.8 Å². The molecule has 0 spiro atoms. The summed E-state index contributed by atoms with van der Waals surface area (Å²) in [5.41, 5.74) is 0.320. The molecule has 114 valence electrons. The van der Waals surface area contributed by atoms with Crippen LogP contribution in [0.3, 0.4) is 0 Å². The van der Waals surface area contributed by atoms with Crippen molar-refractivity contribution < 1.29 is 23.8 Å². The van der Waals surface area contributed by atoms with Crippen LogP contribution in [0.2, 0.25) is 10.0 Å². The maximum Gasteiger partial charge on any atom is 0.377 e. The highest BCUT2D eigenvalue weighted by atomic mass is 35.5. The summed E-state index contributed by atoms with van der Waals surface area (Å²) < 4.78 is 15.2. The fraction of sp³-hybridized carbons (Fsp3) is 0.385. The molecule has 0 aromatic heterocycles. The first-order valence-electron chi connectivity index (χ1n) is 6.20. The average Bonchev–Trinajstić information content (AvgIpc) is 2.88. The van der Waals surface area contributed by atoms with Crippen molar-refractivity contribution >= 4 is 40.8 Å². The van der Waals surface area contributed by atoms with Gasteiger partial charge in [-0.25, -0.2) is 4.79 Å². The molecule has 1 aliphatic heterocycles. The lowest BCUT2D eigenvalue weighted by Gasteiger charge is -2.23. The van der Waals surface area contributed by atoms with Crippen molar-refractivity contribution in [3.05, 3.63) is 28.2 Å². The number of benzene rings is 1. The van der Waals surface area contributed by atoms with Crippen LogP contribution in [0.25, 0.3) is 0 Å². The van der Waals surface area contributed by atoms with E-state index in [1.165, 1.54) is 18.2 Å². The Bertz CT molecular complexity index is 537. The highest BCUT2D eigenvalue weighted by molar-refractivity contribution is 6.35. The third kappa shape index (κ3) is 3.47. The highest BCUT2D eigenvalue weighted by Crippen LogP contribution is 2.26. The number of anilines is 1. The fourth-order valence-corrected chi connectivity index (χ4v) is 2.35. The molecule has 21 heavy (non-hydrogen) atoms. The van der Waals surface area contributed by atoms with Gasteiger partial charge in [-0.2, -0.15) is 0 Å². The molecular formula is C13H13Cl2NO5. The minimum atomic E-state index is -2.09. The Labute approximate surface area is 131 Å². The number of rotatable bonds is 4. The van der Waals surface area contributed by atoms with Crippen LogP contribution in [0.4, 0.5) is 5.69 Å². The maximum absolute atomic E-state index is 12.3. The van der Waals surface area contributed by atoms with E-state index in [4.69, 9.17) is 37.4 Å². The molecule has 6 nitrogen and oxygen atoms in total. The predicted molar refractivity (Wildman–Crippen MR) is 76.4 cm³/mol. The van der Waals surface area contributed by atoms with E-state index in [1.807, 2.05) is 0 Å². The molecule has 0 atom stereocenters. The molecule has 8 heteroatoms. The molecule has 2 rings (SSSR count). The number of carbonyl (C=O) groups is 2. The van der Waals surface area contributed by atoms with Gasteiger partial charge < -0.3 is 19.5 Å². The number of nitrogens with one attached hydrogen (secondary N) is 1. The van der Waals surface area contributed by atoms with Crippen molar-refractivity contribution in [1.29, 1.82) is 0 Å². The third-order valence-electron chi connectivity index (χ3n) is 2.66. The molecule has 0 unspecified atom stereocenters. The number of halogens is 2. The van der Waals surface area contributed by atoms with Crippen molar-refractivity contribution in [2.24, 2.45) is 0 Å². The van der Waals surface area contributed by atoms with Crippen LogP contribution in [-0.4, -0.2) is 37.5 Å². The van der Waals surface area contributed by atoms with Crippen LogP contribution < -0.4 is 5.32 Å². The molecule has 0 saturated carbocycles. The molecule has 0 bridgehead atoms. The van der Waals surface area contributed by atoms with E-state index in [1.54, 1.807) is 6.92 Å². The van der Waals surface area contributed by atoms with Gasteiger partial charge in [0, 0.05) is 15.7 Å². The van der Waals surface area contributed by atoms with Crippen molar-refractivity contribution in [2.75, 3.05) is 25.1 Å². The van der Waals surface area contributed by atoms with Gasteiger partial charge in [0.25, 0.3) is 5.91 Å². The largest absolute Gasteiger partial charge is 0.462 e. The molecule has 1 aromatic carbocycles. The van der Waals surface area contributed by atoms with Crippen LogP contribution in [0.5, 0.6) is 0 Å². The lowest BCUT2D eigenvalue weighted by molar-refractivity contribution is -0.204. The number of hydrogen-bond donors (Lipinski definition) is 1. The Morgan fingerprint density at radius 2 is 1.81 bits per heavy atom. The molecule has 0 radical (unpaired) electrons. The van der Waals surface area contributed by atoms with Gasteiger partial charge in [0.1, 0.15) is 0 Å². The number of hydrogen-bond acceptors (Lipinski definition) is 5. The minimum Gasteiger partial charge on any atom is -0.462 e. The topological polar surface area (TPSA) is 73.9 Å². The molecule has 1 saturated heterocycles. The number of ether oxygens (including phenoxy) is 3. The van der Waals surface area contributed by atoms with E-state index in [9.17, 15) is 9.59 Å². The van der Waals surface area contributed by atoms with Crippen LogP contribution in [0, 0.1) is 0 Å². The Kier molecular flexibility index (Phi) is 5.05. The summed E-state index contributed by atoms with van der Waals surface area (Å²) in [5, 5.41) is 3.17. The SMILES string of the molecule is CCOC(=O)C1(C(=O)Nc2cc(Cl)cc(Cl)c2)OCCO1. The predicted octanol–water partition coefficient (Wildman–Crippen LogP) is 2.24. The first-order valence-corrected chi connectivity index (χ1v) is 6.96. The highest BCUT2D eigenvalue weighted by Gasteiger charge is 2.53.